The molecule has 3 aromatic heterocycles. The molecule has 5 rings (SSSR count). The van der Waals surface area contributed by atoms with Gasteiger partial charge >= 0.3 is 0 Å². The van der Waals surface area contributed by atoms with Crippen molar-refractivity contribution < 1.29 is 4.79 Å². The quantitative estimate of drug-likeness (QED) is 0.694. The first kappa shape index (κ1) is 15.3. The van der Waals surface area contributed by atoms with Crippen LogP contribution in [-0.2, 0) is 11.3 Å². The second-order valence-corrected chi connectivity index (χ2v) is 6.97. The maximum absolute atomic E-state index is 12.1. The SMILES string of the molecule is Cc1cc(N2Cc3ccnn3C(CN3CCCC3=O)C2)n2ncnc2n1. The summed E-state index contributed by atoms with van der Waals surface area (Å²) >= 11 is 0. The minimum atomic E-state index is 0.114. The van der Waals surface area contributed by atoms with Crippen LogP contribution in [0.1, 0.15) is 30.3 Å². The molecule has 1 fully saturated rings. The number of carbonyl (C=O) groups excluding carboxylic acids is 1. The maximum Gasteiger partial charge on any atom is 0.254 e. The molecule has 26 heavy (non-hydrogen) atoms. The minimum absolute atomic E-state index is 0.114. The smallest absolute Gasteiger partial charge is 0.254 e. The number of nitrogens with zero attached hydrogens (tertiary/aromatic N) is 8. The highest BCUT2D eigenvalue weighted by molar-refractivity contribution is 5.78. The van der Waals surface area contributed by atoms with Crippen molar-refractivity contribution in [1.82, 2.24) is 34.3 Å². The second kappa shape index (κ2) is 5.79. The number of likely N-dealkylation sites (tertiary alicyclic amines) is 1. The van der Waals surface area contributed by atoms with Crippen LogP contribution in [0.25, 0.3) is 5.78 Å². The minimum Gasteiger partial charge on any atom is -0.348 e. The Labute approximate surface area is 150 Å². The Bertz CT molecular complexity index is 976. The molecule has 1 amide bonds. The lowest BCUT2D eigenvalue weighted by Crippen LogP contribution is -2.44. The number of anilines is 1. The van der Waals surface area contributed by atoms with Crippen molar-refractivity contribution in [2.24, 2.45) is 0 Å². The van der Waals surface area contributed by atoms with Gasteiger partial charge in [0.25, 0.3) is 5.78 Å². The number of hydrogen-bond acceptors (Lipinski definition) is 6. The molecule has 2 aliphatic heterocycles. The summed E-state index contributed by atoms with van der Waals surface area (Å²) in [6.07, 6.45) is 4.97. The van der Waals surface area contributed by atoms with Gasteiger partial charge in [0.15, 0.2) is 0 Å². The number of hydrogen-bond donors (Lipinski definition) is 0. The standard InChI is InChI=1S/C17H20N8O/c1-12-7-15(25-17(21-12)18-11-20-25)23-8-13-4-5-19-24(13)14(10-23)9-22-6-2-3-16(22)26/h4-5,7,11,14H,2-3,6,8-10H2,1H3. The van der Waals surface area contributed by atoms with Crippen LogP contribution < -0.4 is 4.90 Å². The van der Waals surface area contributed by atoms with E-state index in [0.717, 1.165) is 43.3 Å². The Morgan fingerprint density at radius 3 is 3.08 bits per heavy atom. The van der Waals surface area contributed by atoms with Gasteiger partial charge in [0, 0.05) is 44.0 Å². The molecule has 0 bridgehead atoms. The lowest BCUT2D eigenvalue weighted by Gasteiger charge is -2.36. The lowest BCUT2D eigenvalue weighted by molar-refractivity contribution is -0.128. The molecular formula is C17H20N8O. The third kappa shape index (κ3) is 2.42. The van der Waals surface area contributed by atoms with Crippen molar-refractivity contribution >= 4 is 17.5 Å². The van der Waals surface area contributed by atoms with Crippen LogP contribution in [0.15, 0.2) is 24.7 Å². The van der Waals surface area contributed by atoms with Crippen molar-refractivity contribution in [3.63, 3.8) is 0 Å². The van der Waals surface area contributed by atoms with Crippen molar-refractivity contribution in [2.75, 3.05) is 24.5 Å². The fourth-order valence-electron chi connectivity index (χ4n) is 3.99. The molecule has 0 aliphatic carbocycles. The molecule has 0 aromatic carbocycles. The predicted molar refractivity (Wildman–Crippen MR) is 93.6 cm³/mol. The van der Waals surface area contributed by atoms with Gasteiger partial charge in [-0.3, -0.25) is 9.48 Å². The van der Waals surface area contributed by atoms with E-state index in [1.807, 2.05) is 30.2 Å². The number of amides is 1. The lowest BCUT2D eigenvalue weighted by atomic mass is 10.1. The second-order valence-electron chi connectivity index (χ2n) is 6.97. The molecule has 134 valence electrons. The van der Waals surface area contributed by atoms with Crippen LogP contribution in [0, 0.1) is 6.92 Å². The Morgan fingerprint density at radius 2 is 2.23 bits per heavy atom. The van der Waals surface area contributed by atoms with E-state index in [2.05, 4.69) is 29.7 Å². The summed E-state index contributed by atoms with van der Waals surface area (Å²) in [4.78, 5) is 25.0. The van der Waals surface area contributed by atoms with E-state index in [0.29, 0.717) is 18.7 Å². The molecule has 1 atom stereocenters. The average molecular weight is 352 g/mol. The van der Waals surface area contributed by atoms with Gasteiger partial charge in [0.2, 0.25) is 5.91 Å². The average Bonchev–Trinajstić information content (AvgIpc) is 3.35. The summed E-state index contributed by atoms with van der Waals surface area (Å²) in [6.45, 7) is 4.99. The van der Waals surface area contributed by atoms with Gasteiger partial charge in [-0.15, -0.1) is 0 Å². The van der Waals surface area contributed by atoms with E-state index in [1.165, 1.54) is 6.33 Å². The molecule has 0 radical (unpaired) electrons. The normalized spacial score (nSPS) is 20.2. The van der Waals surface area contributed by atoms with Gasteiger partial charge in [-0.25, -0.2) is 4.98 Å². The highest BCUT2D eigenvalue weighted by Crippen LogP contribution is 2.27. The van der Waals surface area contributed by atoms with Gasteiger partial charge < -0.3 is 9.80 Å². The summed E-state index contributed by atoms with van der Waals surface area (Å²) in [5.41, 5.74) is 2.04. The van der Waals surface area contributed by atoms with Crippen molar-refractivity contribution in [1.29, 1.82) is 0 Å². The van der Waals surface area contributed by atoms with E-state index in [-0.39, 0.29) is 11.9 Å². The zero-order valence-electron chi connectivity index (χ0n) is 14.6. The summed E-state index contributed by atoms with van der Waals surface area (Å²) in [5.74, 6) is 1.81. The van der Waals surface area contributed by atoms with Crippen LogP contribution in [0.4, 0.5) is 5.82 Å². The van der Waals surface area contributed by atoms with Crippen LogP contribution in [0.3, 0.4) is 0 Å². The number of aryl methyl sites for hydroxylation is 1. The Morgan fingerprint density at radius 1 is 1.31 bits per heavy atom. The topological polar surface area (TPSA) is 84.5 Å². The van der Waals surface area contributed by atoms with E-state index >= 15 is 0 Å². The molecule has 0 saturated carbocycles. The highest BCUT2D eigenvalue weighted by Gasteiger charge is 2.31. The van der Waals surface area contributed by atoms with Gasteiger partial charge in [-0.1, -0.05) is 0 Å². The van der Waals surface area contributed by atoms with E-state index in [4.69, 9.17) is 0 Å². The zero-order chi connectivity index (χ0) is 17.7. The fourth-order valence-corrected chi connectivity index (χ4v) is 3.99. The molecule has 5 heterocycles. The molecule has 3 aromatic rings. The van der Waals surface area contributed by atoms with E-state index in [1.54, 1.807) is 4.52 Å². The number of fused-ring (bicyclic) bond motifs is 2. The molecule has 0 N–H and O–H groups in total. The van der Waals surface area contributed by atoms with Crippen LogP contribution in [-0.4, -0.2) is 59.8 Å². The molecule has 2 aliphatic rings. The summed E-state index contributed by atoms with van der Waals surface area (Å²) in [6, 6.07) is 4.19. The molecule has 9 heteroatoms. The largest absolute Gasteiger partial charge is 0.348 e. The summed E-state index contributed by atoms with van der Waals surface area (Å²) in [7, 11) is 0. The maximum atomic E-state index is 12.1. The zero-order valence-corrected chi connectivity index (χ0v) is 14.6. The first-order chi connectivity index (χ1) is 12.7. The van der Waals surface area contributed by atoms with E-state index in [9.17, 15) is 4.79 Å². The van der Waals surface area contributed by atoms with E-state index < -0.39 is 0 Å². The van der Waals surface area contributed by atoms with Gasteiger partial charge in [0.05, 0.1) is 18.3 Å². The molecule has 1 saturated heterocycles. The van der Waals surface area contributed by atoms with Crippen LogP contribution in [0.2, 0.25) is 0 Å². The van der Waals surface area contributed by atoms with Crippen LogP contribution >= 0.6 is 0 Å². The highest BCUT2D eigenvalue weighted by atomic mass is 16.2. The molecule has 9 nitrogen and oxygen atoms in total. The Balaban J connectivity index is 1.51. The van der Waals surface area contributed by atoms with Crippen molar-refractivity contribution in [3.8, 4) is 0 Å². The number of rotatable bonds is 3. The van der Waals surface area contributed by atoms with Crippen molar-refractivity contribution in [2.45, 2.75) is 32.4 Å². The van der Waals surface area contributed by atoms with Gasteiger partial charge in [-0.05, 0) is 19.4 Å². The summed E-state index contributed by atoms with van der Waals surface area (Å²) < 4.78 is 3.84. The number of aromatic nitrogens is 6. The number of carbonyl (C=O) groups is 1. The van der Waals surface area contributed by atoms with Crippen molar-refractivity contribution in [3.05, 3.63) is 36.0 Å². The molecule has 0 spiro atoms. The molecular weight excluding hydrogens is 332 g/mol. The first-order valence-electron chi connectivity index (χ1n) is 8.91. The Kier molecular flexibility index (Phi) is 3.41. The Hall–Kier alpha value is -2.97. The molecule has 1 unspecified atom stereocenters. The third-order valence-electron chi connectivity index (χ3n) is 5.17. The fraction of sp³-hybridized carbons (Fsp3) is 0.471. The van der Waals surface area contributed by atoms with Gasteiger partial charge in [-0.2, -0.15) is 19.7 Å². The first-order valence-corrected chi connectivity index (χ1v) is 8.91. The third-order valence-corrected chi connectivity index (χ3v) is 5.17. The van der Waals surface area contributed by atoms with Gasteiger partial charge in [0.1, 0.15) is 12.1 Å². The predicted octanol–water partition coefficient (Wildman–Crippen LogP) is 0.813. The van der Waals surface area contributed by atoms with Crippen LogP contribution in [0.5, 0.6) is 0 Å². The summed E-state index contributed by atoms with van der Waals surface area (Å²) in [5, 5.41) is 8.84. The monoisotopic (exact) mass is 352 g/mol.